The fourth-order valence-electron chi connectivity index (χ4n) is 2.03. The summed E-state index contributed by atoms with van der Waals surface area (Å²) in [6.45, 7) is 12.7. The smallest absolute Gasteiger partial charge is 0.0193 e. The molecule has 0 radical (unpaired) electrons. The molecule has 0 aliphatic carbocycles. The third-order valence-electron chi connectivity index (χ3n) is 3.77. The third-order valence-corrected chi connectivity index (χ3v) is 5.15. The van der Waals surface area contributed by atoms with Crippen LogP contribution in [-0.4, -0.2) is 41.1 Å². The van der Waals surface area contributed by atoms with Crippen molar-refractivity contribution in [3.8, 4) is 0 Å². The van der Waals surface area contributed by atoms with Gasteiger partial charge in [0.2, 0.25) is 0 Å². The van der Waals surface area contributed by atoms with Gasteiger partial charge in [-0.1, -0.05) is 34.1 Å². The van der Waals surface area contributed by atoms with E-state index in [-0.39, 0.29) is 0 Å². The van der Waals surface area contributed by atoms with Gasteiger partial charge in [-0.25, -0.2) is 0 Å². The Morgan fingerprint density at radius 2 is 2.06 bits per heavy atom. The van der Waals surface area contributed by atoms with Gasteiger partial charge in [0.25, 0.3) is 0 Å². The van der Waals surface area contributed by atoms with Gasteiger partial charge >= 0.3 is 0 Å². The van der Waals surface area contributed by atoms with E-state index in [0.29, 0.717) is 16.7 Å². The molecule has 0 spiro atoms. The molecule has 2 atom stereocenters. The van der Waals surface area contributed by atoms with Gasteiger partial charge in [0, 0.05) is 29.6 Å². The van der Waals surface area contributed by atoms with E-state index in [1.807, 2.05) is 0 Å². The fraction of sp³-hybridized carbons (Fsp3) is 1.00. The third kappa shape index (κ3) is 4.64. The zero-order chi connectivity index (χ0) is 12.2. The lowest BCUT2D eigenvalue weighted by molar-refractivity contribution is 0.240. The molecular formula is C13H28N2S. The van der Waals surface area contributed by atoms with Gasteiger partial charge in [-0.15, -0.1) is 0 Å². The number of rotatable bonds is 4. The molecule has 0 bridgehead atoms. The van der Waals surface area contributed by atoms with Crippen molar-refractivity contribution < 1.29 is 0 Å². The van der Waals surface area contributed by atoms with Crippen LogP contribution in [0.2, 0.25) is 0 Å². The topological polar surface area (TPSA) is 29.3 Å². The van der Waals surface area contributed by atoms with Crippen LogP contribution < -0.4 is 5.73 Å². The Morgan fingerprint density at radius 3 is 2.69 bits per heavy atom. The maximum absolute atomic E-state index is 6.23. The Bertz CT molecular complexity index is 206. The van der Waals surface area contributed by atoms with Crippen molar-refractivity contribution in [2.45, 2.75) is 51.3 Å². The van der Waals surface area contributed by atoms with E-state index in [9.17, 15) is 0 Å². The maximum Gasteiger partial charge on any atom is 0.0193 e. The van der Waals surface area contributed by atoms with Crippen molar-refractivity contribution in [2.24, 2.45) is 11.7 Å². The normalized spacial score (nSPS) is 26.1. The molecule has 0 aromatic rings. The van der Waals surface area contributed by atoms with Crippen molar-refractivity contribution >= 4 is 11.8 Å². The molecule has 2 unspecified atom stereocenters. The van der Waals surface area contributed by atoms with Gasteiger partial charge in [0.05, 0.1) is 0 Å². The lowest BCUT2D eigenvalue weighted by Gasteiger charge is -2.27. The van der Waals surface area contributed by atoms with Crippen LogP contribution in [0.4, 0.5) is 0 Å². The minimum absolute atomic E-state index is 0.344. The quantitative estimate of drug-likeness (QED) is 0.824. The minimum atomic E-state index is 0.344. The molecule has 0 aromatic heterocycles. The van der Waals surface area contributed by atoms with Crippen LogP contribution in [0.25, 0.3) is 0 Å². The van der Waals surface area contributed by atoms with Crippen LogP contribution in [0, 0.1) is 5.92 Å². The van der Waals surface area contributed by atoms with Gasteiger partial charge in [0.15, 0.2) is 0 Å². The second kappa shape index (κ2) is 6.27. The number of hydrogen-bond acceptors (Lipinski definition) is 3. The number of hydrogen-bond donors (Lipinski definition) is 1. The highest BCUT2D eigenvalue weighted by Gasteiger charge is 2.24. The summed E-state index contributed by atoms with van der Waals surface area (Å²) in [5.74, 6) is 1.89. The maximum atomic E-state index is 6.23. The first-order valence-corrected chi connectivity index (χ1v) is 7.55. The van der Waals surface area contributed by atoms with Crippen molar-refractivity contribution in [1.29, 1.82) is 0 Å². The van der Waals surface area contributed by atoms with Crippen molar-refractivity contribution in [1.82, 2.24) is 4.90 Å². The minimum Gasteiger partial charge on any atom is -0.326 e. The SMILES string of the molecule is CCC(C)C(N)CN1CCSC(C)(C)CC1. The van der Waals surface area contributed by atoms with E-state index in [1.165, 1.54) is 31.7 Å². The summed E-state index contributed by atoms with van der Waals surface area (Å²) in [7, 11) is 0. The van der Waals surface area contributed by atoms with Crippen molar-refractivity contribution in [3.63, 3.8) is 0 Å². The van der Waals surface area contributed by atoms with E-state index < -0.39 is 0 Å². The van der Waals surface area contributed by atoms with Gasteiger partial charge in [-0.05, 0) is 18.9 Å². The molecule has 1 aliphatic rings. The molecule has 1 fully saturated rings. The molecule has 2 nitrogen and oxygen atoms in total. The molecule has 1 heterocycles. The molecule has 1 saturated heterocycles. The molecule has 3 heteroatoms. The first-order valence-electron chi connectivity index (χ1n) is 6.56. The van der Waals surface area contributed by atoms with Crippen LogP contribution >= 0.6 is 11.8 Å². The van der Waals surface area contributed by atoms with Crippen molar-refractivity contribution in [2.75, 3.05) is 25.4 Å². The average Bonchev–Trinajstić information content (AvgIpc) is 2.39. The highest BCUT2D eigenvalue weighted by atomic mass is 32.2. The van der Waals surface area contributed by atoms with Crippen LogP contribution in [0.1, 0.15) is 40.5 Å². The first-order chi connectivity index (χ1) is 7.44. The van der Waals surface area contributed by atoms with E-state index in [2.05, 4.69) is 44.4 Å². The zero-order valence-electron chi connectivity index (χ0n) is 11.3. The summed E-state index contributed by atoms with van der Waals surface area (Å²) >= 11 is 2.10. The lowest BCUT2D eigenvalue weighted by atomic mass is 9.99. The first kappa shape index (κ1) is 14.3. The molecule has 96 valence electrons. The Kier molecular flexibility index (Phi) is 5.62. The van der Waals surface area contributed by atoms with Gasteiger partial charge < -0.3 is 10.6 Å². The Morgan fingerprint density at radius 1 is 1.38 bits per heavy atom. The Labute approximate surface area is 105 Å². The monoisotopic (exact) mass is 244 g/mol. The second-order valence-corrected chi connectivity index (χ2v) is 7.51. The van der Waals surface area contributed by atoms with Gasteiger partial charge in [-0.2, -0.15) is 11.8 Å². The van der Waals surface area contributed by atoms with Crippen LogP contribution in [-0.2, 0) is 0 Å². The molecule has 16 heavy (non-hydrogen) atoms. The molecule has 1 aliphatic heterocycles. The lowest BCUT2D eigenvalue weighted by Crippen LogP contribution is -2.42. The Hall–Kier alpha value is 0.270. The van der Waals surface area contributed by atoms with E-state index >= 15 is 0 Å². The zero-order valence-corrected chi connectivity index (χ0v) is 12.1. The van der Waals surface area contributed by atoms with E-state index in [4.69, 9.17) is 5.73 Å². The van der Waals surface area contributed by atoms with E-state index in [0.717, 1.165) is 6.54 Å². The predicted molar refractivity (Wildman–Crippen MR) is 75.0 cm³/mol. The van der Waals surface area contributed by atoms with Crippen LogP contribution in [0.3, 0.4) is 0 Å². The molecular weight excluding hydrogens is 216 g/mol. The second-order valence-electron chi connectivity index (χ2n) is 5.71. The summed E-state index contributed by atoms with van der Waals surface area (Å²) < 4.78 is 0.454. The summed E-state index contributed by atoms with van der Waals surface area (Å²) in [6.07, 6.45) is 2.47. The van der Waals surface area contributed by atoms with Gasteiger partial charge in [0.1, 0.15) is 0 Å². The molecule has 0 aromatic carbocycles. The molecule has 0 saturated carbocycles. The molecule has 1 rings (SSSR count). The standard InChI is InChI=1S/C13H28N2S/c1-5-11(2)12(14)10-15-7-6-13(3,4)16-9-8-15/h11-12H,5-10,14H2,1-4H3. The van der Waals surface area contributed by atoms with Crippen molar-refractivity contribution in [3.05, 3.63) is 0 Å². The summed E-state index contributed by atoms with van der Waals surface area (Å²) in [5, 5.41) is 0. The molecule has 0 amide bonds. The highest BCUT2D eigenvalue weighted by Crippen LogP contribution is 2.30. The number of thioether (sulfide) groups is 1. The average molecular weight is 244 g/mol. The van der Waals surface area contributed by atoms with E-state index in [1.54, 1.807) is 0 Å². The number of nitrogens with zero attached hydrogens (tertiary/aromatic N) is 1. The highest BCUT2D eigenvalue weighted by molar-refractivity contribution is 8.00. The largest absolute Gasteiger partial charge is 0.326 e. The van der Waals surface area contributed by atoms with Gasteiger partial charge in [-0.3, -0.25) is 0 Å². The van der Waals surface area contributed by atoms with Crippen LogP contribution in [0.5, 0.6) is 0 Å². The summed E-state index contributed by atoms with van der Waals surface area (Å²) in [5.41, 5.74) is 6.23. The summed E-state index contributed by atoms with van der Waals surface area (Å²) in [4.78, 5) is 2.55. The number of nitrogens with two attached hydrogens (primary N) is 1. The predicted octanol–water partition coefficient (Wildman–Crippen LogP) is 2.58. The summed E-state index contributed by atoms with van der Waals surface area (Å²) in [6, 6.07) is 0.344. The fourth-order valence-corrected chi connectivity index (χ4v) is 3.16. The van der Waals surface area contributed by atoms with Crippen LogP contribution in [0.15, 0.2) is 0 Å². The Balaban J connectivity index is 2.38. The molecule has 2 N–H and O–H groups in total.